The van der Waals surface area contributed by atoms with Gasteiger partial charge in [0.15, 0.2) is 5.78 Å². The first kappa shape index (κ1) is 12.4. The van der Waals surface area contributed by atoms with E-state index in [0.29, 0.717) is 26.2 Å². The quantitative estimate of drug-likeness (QED) is 0.530. The second kappa shape index (κ2) is 6.71. The maximum atomic E-state index is 11.6. The van der Waals surface area contributed by atoms with Gasteiger partial charge < -0.3 is 9.47 Å². The van der Waals surface area contributed by atoms with Crippen LogP contribution in [0.1, 0.15) is 21.0 Å². The summed E-state index contributed by atoms with van der Waals surface area (Å²) in [5.41, 5.74) is 0. The number of carbonyl (C=O) groups is 1. The SMILES string of the molecule is COCCOCCC(=O)c1ccc(C)s1. The Kier molecular flexibility index (Phi) is 5.53. The normalized spacial score (nSPS) is 10.5. The molecule has 0 unspecified atom stereocenters. The number of carbonyl (C=O) groups excluding carboxylic acids is 1. The van der Waals surface area contributed by atoms with Crippen molar-refractivity contribution in [3.63, 3.8) is 0 Å². The number of ether oxygens (including phenoxy) is 2. The average molecular weight is 228 g/mol. The molecule has 0 saturated heterocycles. The predicted octanol–water partition coefficient (Wildman–Crippen LogP) is 2.29. The van der Waals surface area contributed by atoms with Crippen LogP contribution in [0, 0.1) is 6.92 Å². The zero-order valence-electron chi connectivity index (χ0n) is 9.12. The van der Waals surface area contributed by atoms with Crippen molar-refractivity contribution < 1.29 is 14.3 Å². The first-order chi connectivity index (χ1) is 7.24. The molecule has 0 aliphatic carbocycles. The lowest BCUT2D eigenvalue weighted by molar-refractivity contribution is 0.0642. The first-order valence-electron chi connectivity index (χ1n) is 4.90. The molecule has 1 rings (SSSR count). The van der Waals surface area contributed by atoms with Gasteiger partial charge in [0.2, 0.25) is 0 Å². The van der Waals surface area contributed by atoms with E-state index in [1.54, 1.807) is 7.11 Å². The molecule has 3 nitrogen and oxygen atoms in total. The standard InChI is InChI=1S/C11H16O3S/c1-9-3-4-11(15-9)10(12)5-6-14-8-7-13-2/h3-4H,5-8H2,1-2H3. The summed E-state index contributed by atoms with van der Waals surface area (Å²) in [4.78, 5) is 13.6. The monoisotopic (exact) mass is 228 g/mol. The number of ketones is 1. The molecule has 0 spiro atoms. The molecule has 0 aliphatic rings. The highest BCUT2D eigenvalue weighted by Crippen LogP contribution is 2.16. The fourth-order valence-electron chi connectivity index (χ4n) is 1.12. The van der Waals surface area contributed by atoms with E-state index in [2.05, 4.69) is 0 Å². The molecular formula is C11H16O3S. The topological polar surface area (TPSA) is 35.5 Å². The Morgan fingerprint density at radius 2 is 2.13 bits per heavy atom. The van der Waals surface area contributed by atoms with Crippen molar-refractivity contribution in [2.24, 2.45) is 0 Å². The van der Waals surface area contributed by atoms with Crippen LogP contribution in [0.15, 0.2) is 12.1 Å². The Bertz CT molecular complexity index is 307. The van der Waals surface area contributed by atoms with Gasteiger partial charge in [0.25, 0.3) is 0 Å². The van der Waals surface area contributed by atoms with E-state index in [1.165, 1.54) is 16.2 Å². The third-order valence-corrected chi connectivity index (χ3v) is 2.96. The van der Waals surface area contributed by atoms with Gasteiger partial charge in [-0.1, -0.05) is 0 Å². The van der Waals surface area contributed by atoms with Gasteiger partial charge in [0, 0.05) is 18.4 Å². The van der Waals surface area contributed by atoms with Crippen LogP contribution in [0.4, 0.5) is 0 Å². The van der Waals surface area contributed by atoms with E-state index in [-0.39, 0.29) is 5.78 Å². The zero-order valence-corrected chi connectivity index (χ0v) is 9.93. The molecule has 84 valence electrons. The van der Waals surface area contributed by atoms with Crippen molar-refractivity contribution in [3.8, 4) is 0 Å². The van der Waals surface area contributed by atoms with Gasteiger partial charge in [-0.25, -0.2) is 0 Å². The zero-order chi connectivity index (χ0) is 11.1. The van der Waals surface area contributed by atoms with Crippen LogP contribution in [0.3, 0.4) is 0 Å². The maximum absolute atomic E-state index is 11.6. The molecule has 1 aromatic rings. The Morgan fingerprint density at radius 1 is 1.33 bits per heavy atom. The number of aryl methyl sites for hydroxylation is 1. The van der Waals surface area contributed by atoms with Gasteiger partial charge in [-0.05, 0) is 19.1 Å². The van der Waals surface area contributed by atoms with Crippen molar-refractivity contribution in [2.45, 2.75) is 13.3 Å². The molecule has 0 bridgehead atoms. The molecule has 0 atom stereocenters. The number of methoxy groups -OCH3 is 1. The summed E-state index contributed by atoms with van der Waals surface area (Å²) in [5, 5.41) is 0. The molecule has 0 aliphatic heterocycles. The van der Waals surface area contributed by atoms with E-state index in [1.807, 2.05) is 19.1 Å². The Labute approximate surface area is 94.0 Å². The van der Waals surface area contributed by atoms with E-state index >= 15 is 0 Å². The third-order valence-electron chi connectivity index (χ3n) is 1.92. The lowest BCUT2D eigenvalue weighted by Crippen LogP contribution is -2.07. The van der Waals surface area contributed by atoms with Crippen LogP contribution in [-0.2, 0) is 9.47 Å². The van der Waals surface area contributed by atoms with Gasteiger partial charge in [-0.15, -0.1) is 11.3 Å². The van der Waals surface area contributed by atoms with E-state index in [4.69, 9.17) is 9.47 Å². The third kappa shape index (κ3) is 4.55. The Morgan fingerprint density at radius 3 is 2.73 bits per heavy atom. The Hall–Kier alpha value is -0.710. The molecule has 1 heterocycles. The lowest BCUT2D eigenvalue weighted by Gasteiger charge is -2.01. The van der Waals surface area contributed by atoms with Crippen molar-refractivity contribution >= 4 is 17.1 Å². The number of Topliss-reactive ketones (excluding diaryl/α,β-unsaturated/α-hetero) is 1. The summed E-state index contributed by atoms with van der Waals surface area (Å²) in [7, 11) is 1.63. The summed E-state index contributed by atoms with van der Waals surface area (Å²) >= 11 is 1.53. The van der Waals surface area contributed by atoms with Crippen molar-refractivity contribution in [2.75, 3.05) is 26.9 Å². The molecule has 0 radical (unpaired) electrons. The minimum absolute atomic E-state index is 0.158. The number of hydrogen-bond donors (Lipinski definition) is 0. The highest BCUT2D eigenvalue weighted by molar-refractivity contribution is 7.14. The highest BCUT2D eigenvalue weighted by atomic mass is 32.1. The molecule has 0 amide bonds. The largest absolute Gasteiger partial charge is 0.382 e. The summed E-state index contributed by atoms with van der Waals surface area (Å²) in [6, 6.07) is 3.83. The van der Waals surface area contributed by atoms with Crippen LogP contribution in [0.2, 0.25) is 0 Å². The number of rotatable bonds is 7. The molecule has 0 saturated carbocycles. The van der Waals surface area contributed by atoms with E-state index in [9.17, 15) is 4.79 Å². The number of thiophene rings is 1. The van der Waals surface area contributed by atoms with Gasteiger partial charge >= 0.3 is 0 Å². The van der Waals surface area contributed by atoms with Crippen molar-refractivity contribution in [3.05, 3.63) is 21.9 Å². The van der Waals surface area contributed by atoms with E-state index in [0.717, 1.165) is 4.88 Å². The Balaban J connectivity index is 2.19. The fourth-order valence-corrected chi connectivity index (χ4v) is 1.95. The second-order valence-electron chi connectivity index (χ2n) is 3.19. The van der Waals surface area contributed by atoms with Crippen LogP contribution < -0.4 is 0 Å². The summed E-state index contributed by atoms with van der Waals surface area (Å²) in [5.74, 6) is 0.158. The smallest absolute Gasteiger partial charge is 0.175 e. The highest BCUT2D eigenvalue weighted by Gasteiger charge is 2.07. The summed E-state index contributed by atoms with van der Waals surface area (Å²) in [6.07, 6.45) is 0.448. The second-order valence-corrected chi connectivity index (χ2v) is 4.48. The fraction of sp³-hybridized carbons (Fsp3) is 0.545. The van der Waals surface area contributed by atoms with Crippen molar-refractivity contribution in [1.82, 2.24) is 0 Å². The first-order valence-corrected chi connectivity index (χ1v) is 5.72. The molecule has 0 N–H and O–H groups in total. The van der Waals surface area contributed by atoms with Gasteiger partial charge in [0.1, 0.15) is 0 Å². The number of hydrogen-bond acceptors (Lipinski definition) is 4. The average Bonchev–Trinajstić information content (AvgIpc) is 2.64. The molecule has 1 aromatic heterocycles. The van der Waals surface area contributed by atoms with Gasteiger partial charge in [-0.3, -0.25) is 4.79 Å². The van der Waals surface area contributed by atoms with Gasteiger partial charge in [0.05, 0.1) is 24.7 Å². The van der Waals surface area contributed by atoms with Gasteiger partial charge in [-0.2, -0.15) is 0 Å². The van der Waals surface area contributed by atoms with Crippen LogP contribution in [0.5, 0.6) is 0 Å². The molecule has 0 fully saturated rings. The predicted molar refractivity (Wildman–Crippen MR) is 60.7 cm³/mol. The molecule has 4 heteroatoms. The minimum Gasteiger partial charge on any atom is -0.382 e. The molecule has 0 aromatic carbocycles. The van der Waals surface area contributed by atoms with Crippen LogP contribution in [0.25, 0.3) is 0 Å². The lowest BCUT2D eigenvalue weighted by atomic mass is 10.2. The summed E-state index contributed by atoms with van der Waals surface area (Å²) < 4.78 is 10.1. The van der Waals surface area contributed by atoms with Crippen molar-refractivity contribution in [1.29, 1.82) is 0 Å². The van der Waals surface area contributed by atoms with Crippen LogP contribution in [-0.4, -0.2) is 32.7 Å². The maximum Gasteiger partial charge on any atom is 0.175 e. The van der Waals surface area contributed by atoms with E-state index < -0.39 is 0 Å². The molecule has 15 heavy (non-hydrogen) atoms. The molecular weight excluding hydrogens is 212 g/mol. The minimum atomic E-state index is 0.158. The van der Waals surface area contributed by atoms with Crippen LogP contribution >= 0.6 is 11.3 Å². The summed E-state index contributed by atoms with van der Waals surface area (Å²) in [6.45, 7) is 3.59.